The molecule has 0 aliphatic rings. The Bertz CT molecular complexity index is 402. The lowest BCUT2D eigenvalue weighted by Gasteiger charge is -2.17. The maximum atomic E-state index is 11.6. The Hall–Kier alpha value is -1.97. The summed E-state index contributed by atoms with van der Waals surface area (Å²) in [4.78, 5) is 13.6. The van der Waals surface area contributed by atoms with Gasteiger partial charge in [-0.25, -0.2) is 0 Å². The van der Waals surface area contributed by atoms with E-state index in [-0.39, 0.29) is 5.91 Å². The molecule has 0 spiro atoms. The van der Waals surface area contributed by atoms with E-state index in [9.17, 15) is 4.79 Å². The number of carbonyl (C=O) groups is 1. The van der Waals surface area contributed by atoms with Crippen molar-refractivity contribution in [2.24, 2.45) is 0 Å². The summed E-state index contributed by atoms with van der Waals surface area (Å²) in [6.45, 7) is 3.08. The van der Waals surface area contributed by atoms with Crippen LogP contribution in [-0.2, 0) is 9.53 Å². The SMILES string of the molecule is CCNC(=O)C(=CCN(C)c1ccccc1)OC. The summed E-state index contributed by atoms with van der Waals surface area (Å²) in [5.74, 6) is 0.168. The number of likely N-dealkylation sites (N-methyl/N-ethyl adjacent to an activating group) is 2. The fraction of sp³-hybridized carbons (Fsp3) is 0.357. The average Bonchev–Trinajstić information content (AvgIpc) is 2.40. The van der Waals surface area contributed by atoms with Gasteiger partial charge in [0.1, 0.15) is 0 Å². The third kappa shape index (κ3) is 4.13. The number of hydrogen-bond donors (Lipinski definition) is 1. The van der Waals surface area contributed by atoms with Crippen LogP contribution in [-0.4, -0.2) is 33.2 Å². The van der Waals surface area contributed by atoms with E-state index >= 15 is 0 Å². The monoisotopic (exact) mass is 248 g/mol. The van der Waals surface area contributed by atoms with Crippen LogP contribution in [0.15, 0.2) is 42.2 Å². The Kier molecular flexibility index (Phi) is 5.77. The van der Waals surface area contributed by atoms with Crippen molar-refractivity contribution in [1.29, 1.82) is 0 Å². The van der Waals surface area contributed by atoms with Gasteiger partial charge in [0.05, 0.1) is 7.11 Å². The second-order valence-corrected chi connectivity index (χ2v) is 3.85. The van der Waals surface area contributed by atoms with Crippen LogP contribution >= 0.6 is 0 Å². The van der Waals surface area contributed by atoms with Gasteiger partial charge in [0, 0.05) is 25.8 Å². The van der Waals surface area contributed by atoms with Crippen molar-refractivity contribution >= 4 is 11.6 Å². The molecule has 4 heteroatoms. The first-order valence-corrected chi connectivity index (χ1v) is 5.97. The van der Waals surface area contributed by atoms with Crippen LogP contribution in [0.1, 0.15) is 6.92 Å². The highest BCUT2D eigenvalue weighted by molar-refractivity contribution is 5.91. The molecule has 0 aliphatic carbocycles. The Morgan fingerprint density at radius 2 is 2.06 bits per heavy atom. The molecule has 0 unspecified atom stereocenters. The van der Waals surface area contributed by atoms with Crippen molar-refractivity contribution in [2.45, 2.75) is 6.92 Å². The largest absolute Gasteiger partial charge is 0.491 e. The molecule has 0 atom stereocenters. The van der Waals surface area contributed by atoms with Crippen LogP contribution in [0.2, 0.25) is 0 Å². The zero-order valence-electron chi connectivity index (χ0n) is 11.1. The number of carbonyl (C=O) groups excluding carboxylic acids is 1. The zero-order valence-corrected chi connectivity index (χ0v) is 11.1. The zero-order chi connectivity index (χ0) is 13.4. The van der Waals surface area contributed by atoms with E-state index in [0.29, 0.717) is 18.8 Å². The highest BCUT2D eigenvalue weighted by Gasteiger charge is 2.08. The predicted molar refractivity (Wildman–Crippen MR) is 73.5 cm³/mol. The van der Waals surface area contributed by atoms with Crippen LogP contribution < -0.4 is 10.2 Å². The predicted octanol–water partition coefficient (Wildman–Crippen LogP) is 1.79. The van der Waals surface area contributed by atoms with Crippen LogP contribution in [0.25, 0.3) is 0 Å². The third-order valence-electron chi connectivity index (χ3n) is 2.53. The lowest BCUT2D eigenvalue weighted by atomic mass is 10.3. The van der Waals surface area contributed by atoms with Gasteiger partial charge in [0.2, 0.25) is 0 Å². The molecule has 0 fully saturated rings. The van der Waals surface area contributed by atoms with Crippen molar-refractivity contribution in [3.8, 4) is 0 Å². The molecule has 0 aromatic heterocycles. The van der Waals surface area contributed by atoms with Crippen molar-refractivity contribution < 1.29 is 9.53 Å². The molecular weight excluding hydrogens is 228 g/mol. The molecule has 1 aromatic rings. The van der Waals surface area contributed by atoms with E-state index in [1.807, 2.05) is 49.2 Å². The number of ether oxygens (including phenoxy) is 1. The van der Waals surface area contributed by atoms with Gasteiger partial charge < -0.3 is 15.0 Å². The third-order valence-corrected chi connectivity index (χ3v) is 2.53. The first-order chi connectivity index (χ1) is 8.69. The molecule has 1 N–H and O–H groups in total. The van der Waals surface area contributed by atoms with Crippen LogP contribution in [0, 0.1) is 0 Å². The molecule has 0 bridgehead atoms. The molecular formula is C14H20N2O2. The average molecular weight is 248 g/mol. The molecule has 0 saturated carbocycles. The second-order valence-electron chi connectivity index (χ2n) is 3.85. The number of anilines is 1. The molecule has 1 aromatic carbocycles. The van der Waals surface area contributed by atoms with E-state index in [1.54, 1.807) is 6.08 Å². The van der Waals surface area contributed by atoms with Gasteiger partial charge in [-0.05, 0) is 25.1 Å². The minimum atomic E-state index is -0.179. The number of benzene rings is 1. The van der Waals surface area contributed by atoms with E-state index in [4.69, 9.17) is 4.74 Å². The number of amides is 1. The molecule has 0 heterocycles. The molecule has 0 aliphatic heterocycles. The van der Waals surface area contributed by atoms with E-state index in [2.05, 4.69) is 5.32 Å². The summed E-state index contributed by atoms with van der Waals surface area (Å²) in [5, 5.41) is 2.71. The minimum absolute atomic E-state index is 0.179. The Morgan fingerprint density at radius 1 is 1.39 bits per heavy atom. The normalized spacial score (nSPS) is 10.9. The molecule has 1 amide bonds. The Morgan fingerprint density at radius 3 is 2.61 bits per heavy atom. The number of rotatable bonds is 6. The van der Waals surface area contributed by atoms with Gasteiger partial charge in [0.25, 0.3) is 5.91 Å². The van der Waals surface area contributed by atoms with Gasteiger partial charge in [-0.15, -0.1) is 0 Å². The summed E-state index contributed by atoms with van der Waals surface area (Å²) in [5.41, 5.74) is 1.10. The molecule has 0 saturated heterocycles. The van der Waals surface area contributed by atoms with Crippen molar-refractivity contribution in [2.75, 3.05) is 32.1 Å². The smallest absolute Gasteiger partial charge is 0.286 e. The van der Waals surface area contributed by atoms with Gasteiger partial charge in [-0.2, -0.15) is 0 Å². The minimum Gasteiger partial charge on any atom is -0.491 e. The van der Waals surface area contributed by atoms with E-state index in [1.165, 1.54) is 7.11 Å². The van der Waals surface area contributed by atoms with E-state index in [0.717, 1.165) is 5.69 Å². The molecule has 0 radical (unpaired) electrons. The van der Waals surface area contributed by atoms with Crippen molar-refractivity contribution in [3.05, 3.63) is 42.2 Å². The van der Waals surface area contributed by atoms with Crippen molar-refractivity contribution in [1.82, 2.24) is 5.32 Å². The van der Waals surface area contributed by atoms with Crippen LogP contribution in [0.3, 0.4) is 0 Å². The fourth-order valence-electron chi connectivity index (χ4n) is 1.52. The highest BCUT2D eigenvalue weighted by atomic mass is 16.5. The number of nitrogens with zero attached hydrogens (tertiary/aromatic N) is 1. The summed E-state index contributed by atoms with van der Waals surface area (Å²) in [6.07, 6.45) is 1.78. The standard InChI is InChI=1S/C14H20N2O2/c1-4-15-14(17)13(18-3)10-11-16(2)12-8-6-5-7-9-12/h5-10H,4,11H2,1-3H3,(H,15,17). The molecule has 1 rings (SSSR count). The molecule has 4 nitrogen and oxygen atoms in total. The first kappa shape index (κ1) is 14.1. The lowest BCUT2D eigenvalue weighted by Crippen LogP contribution is -2.26. The topological polar surface area (TPSA) is 41.6 Å². The quantitative estimate of drug-likeness (QED) is 0.616. The number of para-hydroxylation sites is 1. The highest BCUT2D eigenvalue weighted by Crippen LogP contribution is 2.11. The van der Waals surface area contributed by atoms with Gasteiger partial charge in [-0.3, -0.25) is 4.79 Å². The summed E-state index contributed by atoms with van der Waals surface area (Å²) in [6, 6.07) is 9.98. The number of hydrogen-bond acceptors (Lipinski definition) is 3. The summed E-state index contributed by atoms with van der Waals surface area (Å²) in [7, 11) is 3.47. The summed E-state index contributed by atoms with van der Waals surface area (Å²) < 4.78 is 5.07. The fourth-order valence-corrected chi connectivity index (χ4v) is 1.52. The van der Waals surface area contributed by atoms with Crippen LogP contribution in [0.5, 0.6) is 0 Å². The molecule has 98 valence electrons. The molecule has 18 heavy (non-hydrogen) atoms. The summed E-state index contributed by atoms with van der Waals surface area (Å²) >= 11 is 0. The van der Waals surface area contributed by atoms with Gasteiger partial charge >= 0.3 is 0 Å². The lowest BCUT2D eigenvalue weighted by molar-refractivity contribution is -0.120. The van der Waals surface area contributed by atoms with Gasteiger partial charge in [-0.1, -0.05) is 18.2 Å². The maximum absolute atomic E-state index is 11.6. The maximum Gasteiger partial charge on any atom is 0.286 e. The van der Waals surface area contributed by atoms with Crippen LogP contribution in [0.4, 0.5) is 5.69 Å². The second kappa shape index (κ2) is 7.37. The first-order valence-electron chi connectivity index (χ1n) is 5.97. The van der Waals surface area contributed by atoms with E-state index < -0.39 is 0 Å². The number of methoxy groups -OCH3 is 1. The van der Waals surface area contributed by atoms with Crippen molar-refractivity contribution in [3.63, 3.8) is 0 Å². The Labute approximate surface area is 108 Å². The number of nitrogens with one attached hydrogen (secondary N) is 1. The Balaban J connectivity index is 2.63. The van der Waals surface area contributed by atoms with Gasteiger partial charge in [0.15, 0.2) is 5.76 Å².